The minimum absolute atomic E-state index is 0.377. The number of thiophene rings is 2. The molecule has 0 amide bonds. The summed E-state index contributed by atoms with van der Waals surface area (Å²) in [7, 11) is 0. The van der Waals surface area contributed by atoms with Gasteiger partial charge in [0, 0.05) is 18.8 Å². The van der Waals surface area contributed by atoms with Crippen LogP contribution in [0, 0.1) is 5.92 Å². The zero-order chi connectivity index (χ0) is 23.6. The van der Waals surface area contributed by atoms with Crippen molar-refractivity contribution in [3.63, 3.8) is 0 Å². The number of aliphatic carboxylic acids is 2. The van der Waals surface area contributed by atoms with Crippen LogP contribution in [0.15, 0.2) is 39.2 Å². The highest BCUT2D eigenvalue weighted by atomic mass is 32.1. The monoisotopic (exact) mass is 489 g/mol. The molecule has 2 N–H and O–H groups in total. The Balaban J connectivity index is 0.000000454. The first-order valence-corrected chi connectivity index (χ1v) is 13.4. The summed E-state index contributed by atoms with van der Waals surface area (Å²) in [5.41, 5.74) is 5.83. The van der Waals surface area contributed by atoms with Crippen LogP contribution < -0.4 is 10.0 Å². The number of piperidine rings is 1. The SMILES string of the molecule is O=C(CC[NH+]1CCC(=C(c2ccsc2)c2ccsc2)CC1)C1CCCCC1.O=C([O-])C(=O)O. The first kappa shape index (κ1) is 25.3. The van der Waals surface area contributed by atoms with Crippen molar-refractivity contribution in [3.8, 4) is 0 Å². The van der Waals surface area contributed by atoms with Crippen LogP contribution in [0.4, 0.5) is 0 Å². The number of carbonyl (C=O) groups is 3. The molecule has 0 bridgehead atoms. The standard InChI is InChI=1S/C23H29NOS2.C2H2O4/c25-22(18-4-2-1-3-5-18)8-13-24-11-6-19(7-12-24)23(20-9-14-26-16-20)21-10-15-27-17-21;3-1(4)2(5)6/h9-10,14-18H,1-8,11-13H2;(H,3,4)(H,5,6). The molecule has 0 atom stereocenters. The highest BCUT2D eigenvalue weighted by molar-refractivity contribution is 7.08. The molecule has 2 aliphatic rings. The molecule has 2 aromatic heterocycles. The summed E-state index contributed by atoms with van der Waals surface area (Å²) >= 11 is 3.56. The summed E-state index contributed by atoms with van der Waals surface area (Å²) in [5.74, 6) is -3.09. The Hall–Kier alpha value is -2.29. The summed E-state index contributed by atoms with van der Waals surface area (Å²) in [6.07, 6.45) is 9.25. The minimum atomic E-state index is -2.07. The van der Waals surface area contributed by atoms with Crippen molar-refractivity contribution in [1.82, 2.24) is 0 Å². The molecule has 8 heteroatoms. The average Bonchev–Trinajstić information content (AvgIpc) is 3.55. The molecule has 3 heterocycles. The van der Waals surface area contributed by atoms with Crippen LogP contribution in [-0.4, -0.2) is 42.5 Å². The third-order valence-electron chi connectivity index (χ3n) is 6.49. The van der Waals surface area contributed by atoms with Crippen LogP contribution in [0.3, 0.4) is 0 Å². The van der Waals surface area contributed by atoms with E-state index in [1.54, 1.807) is 33.1 Å². The summed E-state index contributed by atoms with van der Waals surface area (Å²) in [5, 5.41) is 25.2. The zero-order valence-corrected chi connectivity index (χ0v) is 20.3. The molecule has 0 unspecified atom stereocenters. The van der Waals surface area contributed by atoms with Crippen molar-refractivity contribution in [2.75, 3.05) is 19.6 Å². The molecule has 0 spiro atoms. The number of likely N-dealkylation sites (tertiary alicyclic amines) is 1. The van der Waals surface area contributed by atoms with Crippen LogP contribution >= 0.6 is 22.7 Å². The van der Waals surface area contributed by atoms with Crippen LogP contribution in [0.5, 0.6) is 0 Å². The highest BCUT2D eigenvalue weighted by Gasteiger charge is 2.25. The second-order valence-electron chi connectivity index (χ2n) is 8.65. The molecule has 2 aromatic rings. The van der Waals surface area contributed by atoms with Gasteiger partial charge in [0.15, 0.2) is 5.97 Å². The van der Waals surface area contributed by atoms with Crippen molar-refractivity contribution in [1.29, 1.82) is 0 Å². The second kappa shape index (κ2) is 12.8. The molecule has 33 heavy (non-hydrogen) atoms. The highest BCUT2D eigenvalue weighted by Crippen LogP contribution is 2.33. The maximum absolute atomic E-state index is 12.5. The van der Waals surface area contributed by atoms with Gasteiger partial charge >= 0.3 is 5.97 Å². The van der Waals surface area contributed by atoms with Gasteiger partial charge in [-0.3, -0.25) is 4.79 Å². The minimum Gasteiger partial charge on any atom is -0.539 e. The zero-order valence-electron chi connectivity index (χ0n) is 18.7. The van der Waals surface area contributed by atoms with Gasteiger partial charge in [0.25, 0.3) is 0 Å². The lowest BCUT2D eigenvalue weighted by molar-refractivity contribution is -0.902. The number of carboxylic acid groups (broad SMARTS) is 2. The van der Waals surface area contributed by atoms with Crippen molar-refractivity contribution >= 4 is 46.0 Å². The van der Waals surface area contributed by atoms with E-state index in [9.17, 15) is 4.79 Å². The number of quaternary nitrogens is 1. The van der Waals surface area contributed by atoms with E-state index in [0.717, 1.165) is 38.6 Å². The molecular weight excluding hydrogens is 458 g/mol. The van der Waals surface area contributed by atoms with Gasteiger partial charge in [-0.05, 0) is 63.2 Å². The van der Waals surface area contributed by atoms with E-state index < -0.39 is 11.9 Å². The number of hydrogen-bond donors (Lipinski definition) is 2. The Bertz CT molecular complexity index is 885. The smallest absolute Gasteiger partial charge is 0.351 e. The first-order valence-electron chi connectivity index (χ1n) is 11.5. The van der Waals surface area contributed by atoms with Crippen molar-refractivity contribution in [3.05, 3.63) is 50.4 Å². The fourth-order valence-corrected chi connectivity index (χ4v) is 6.02. The number of hydrogen-bond acceptors (Lipinski definition) is 6. The fourth-order valence-electron chi connectivity index (χ4n) is 4.72. The molecule has 178 valence electrons. The van der Waals surface area contributed by atoms with E-state index in [2.05, 4.69) is 33.7 Å². The Morgan fingerprint density at radius 3 is 1.97 bits per heavy atom. The largest absolute Gasteiger partial charge is 0.539 e. The number of nitrogens with one attached hydrogen (secondary N) is 1. The van der Waals surface area contributed by atoms with E-state index >= 15 is 0 Å². The van der Waals surface area contributed by atoms with Gasteiger partial charge in [0.2, 0.25) is 0 Å². The summed E-state index contributed by atoms with van der Waals surface area (Å²) in [4.78, 5) is 32.2. The summed E-state index contributed by atoms with van der Waals surface area (Å²) in [6.45, 7) is 3.38. The van der Waals surface area contributed by atoms with Gasteiger partial charge in [-0.15, -0.1) is 0 Å². The second-order valence-corrected chi connectivity index (χ2v) is 10.2. The Labute approximate surface area is 202 Å². The van der Waals surface area contributed by atoms with Gasteiger partial charge in [0.1, 0.15) is 5.78 Å². The molecule has 0 radical (unpaired) electrons. The van der Waals surface area contributed by atoms with E-state index in [-0.39, 0.29) is 0 Å². The van der Waals surface area contributed by atoms with Crippen LogP contribution in [0.2, 0.25) is 0 Å². The number of carbonyl (C=O) groups excluding carboxylic acids is 2. The summed E-state index contributed by atoms with van der Waals surface area (Å²) in [6, 6.07) is 4.51. The third kappa shape index (κ3) is 7.62. The third-order valence-corrected chi connectivity index (χ3v) is 7.86. The Morgan fingerprint density at radius 2 is 1.52 bits per heavy atom. The Kier molecular flexibility index (Phi) is 9.84. The van der Waals surface area contributed by atoms with Gasteiger partial charge in [-0.1, -0.05) is 24.8 Å². The van der Waals surface area contributed by atoms with E-state index in [1.165, 1.54) is 49.1 Å². The van der Waals surface area contributed by atoms with E-state index in [4.69, 9.17) is 19.8 Å². The van der Waals surface area contributed by atoms with Gasteiger partial charge in [-0.2, -0.15) is 22.7 Å². The topological polar surface area (TPSA) is 98.9 Å². The molecule has 1 saturated carbocycles. The van der Waals surface area contributed by atoms with Crippen LogP contribution in [-0.2, 0) is 14.4 Å². The molecule has 1 aliphatic carbocycles. The molecule has 4 rings (SSSR count). The summed E-state index contributed by atoms with van der Waals surface area (Å²) < 4.78 is 0. The Morgan fingerprint density at radius 1 is 0.970 bits per heavy atom. The lowest BCUT2D eigenvalue weighted by atomic mass is 9.85. The first-order chi connectivity index (χ1) is 16.0. The van der Waals surface area contributed by atoms with Crippen LogP contribution in [0.25, 0.3) is 5.57 Å². The predicted octanol–water partition coefficient (Wildman–Crippen LogP) is 2.65. The lowest BCUT2D eigenvalue weighted by Crippen LogP contribution is -3.13. The van der Waals surface area contributed by atoms with E-state index in [0.29, 0.717) is 11.7 Å². The van der Waals surface area contributed by atoms with Gasteiger partial charge in [-0.25, -0.2) is 4.79 Å². The quantitative estimate of drug-likeness (QED) is 0.608. The number of rotatable bonds is 6. The molecular formula is C25H31NO5S2. The van der Waals surface area contributed by atoms with Gasteiger partial charge in [0.05, 0.1) is 26.1 Å². The predicted molar refractivity (Wildman–Crippen MR) is 128 cm³/mol. The normalized spacial score (nSPS) is 18.8. The number of Topliss-reactive ketones (excluding diaryl/α,β-unsaturated/α-hetero) is 1. The molecule has 1 saturated heterocycles. The number of carboxylic acids is 2. The maximum atomic E-state index is 12.5. The average molecular weight is 490 g/mol. The molecule has 2 fully saturated rings. The van der Waals surface area contributed by atoms with Crippen molar-refractivity contribution in [2.24, 2.45) is 5.92 Å². The molecule has 6 nitrogen and oxygen atoms in total. The fraction of sp³-hybridized carbons (Fsp3) is 0.480. The van der Waals surface area contributed by atoms with Crippen molar-refractivity contribution < 1.29 is 29.5 Å². The van der Waals surface area contributed by atoms with Gasteiger partial charge < -0.3 is 19.9 Å². The maximum Gasteiger partial charge on any atom is 0.351 e. The number of ketones is 1. The molecule has 0 aromatic carbocycles. The van der Waals surface area contributed by atoms with E-state index in [1.807, 2.05) is 0 Å². The lowest BCUT2D eigenvalue weighted by Gasteiger charge is -2.28. The van der Waals surface area contributed by atoms with Crippen LogP contribution in [0.1, 0.15) is 62.5 Å². The molecule has 1 aliphatic heterocycles. The van der Waals surface area contributed by atoms with Crippen molar-refractivity contribution in [2.45, 2.75) is 51.4 Å².